The molecule has 2 rings (SSSR count). The van der Waals surface area contributed by atoms with Gasteiger partial charge in [0.1, 0.15) is 5.75 Å². The summed E-state index contributed by atoms with van der Waals surface area (Å²) in [5.41, 5.74) is 2.49. The first kappa shape index (κ1) is 15.1. The molecule has 0 saturated heterocycles. The topological polar surface area (TPSA) is 33.0 Å². The molecule has 0 heterocycles. The van der Waals surface area contributed by atoms with E-state index in [0.717, 1.165) is 21.3 Å². The van der Waals surface area contributed by atoms with Crippen molar-refractivity contribution in [3.8, 4) is 11.8 Å². The molecule has 0 atom stereocenters. The van der Waals surface area contributed by atoms with Crippen molar-refractivity contribution in [2.24, 2.45) is 0 Å². The average molecular weight is 340 g/mol. The van der Waals surface area contributed by atoms with Gasteiger partial charge in [0.05, 0.1) is 18.8 Å². The molecule has 0 N–H and O–H groups in total. The lowest BCUT2D eigenvalue weighted by Crippen LogP contribution is -1.85. The Balaban J connectivity index is 2.24. The van der Waals surface area contributed by atoms with Crippen LogP contribution in [0.15, 0.2) is 65.2 Å². The lowest BCUT2D eigenvalue weighted by atomic mass is 10.1. The highest BCUT2D eigenvalue weighted by Crippen LogP contribution is 2.20. The highest BCUT2D eigenvalue weighted by atomic mass is 79.9. The van der Waals surface area contributed by atoms with E-state index in [4.69, 9.17) is 4.74 Å². The number of hydrogen-bond acceptors (Lipinski definition) is 2. The zero-order chi connectivity index (χ0) is 15.1. The number of rotatable bonds is 4. The molecule has 0 radical (unpaired) electrons. The predicted octanol–water partition coefficient (Wildman–Crippen LogP) is 5.08. The molecule has 0 fully saturated rings. The predicted molar refractivity (Wildman–Crippen MR) is 89.8 cm³/mol. The minimum absolute atomic E-state index is 0.619. The fourth-order valence-corrected chi connectivity index (χ4v) is 2.14. The van der Waals surface area contributed by atoms with E-state index in [1.807, 2.05) is 60.7 Å². The summed E-state index contributed by atoms with van der Waals surface area (Å²) < 4.78 is 6.28. The van der Waals surface area contributed by atoms with E-state index in [-0.39, 0.29) is 0 Å². The summed E-state index contributed by atoms with van der Waals surface area (Å²) >= 11 is 3.39. The monoisotopic (exact) mass is 339 g/mol. The summed E-state index contributed by atoms with van der Waals surface area (Å²) in [6, 6.07) is 17.6. The summed E-state index contributed by atoms with van der Waals surface area (Å²) in [5, 5.41) is 9.26. The number of benzene rings is 2. The van der Waals surface area contributed by atoms with E-state index in [1.54, 1.807) is 13.2 Å². The standard InChI is InChI=1S/C18H14BrNO/c1-21-18-8-3-2-5-15(18)6-4-7-16(13-20)14-9-11-17(19)12-10-14/h2-12H,1H3/b6-4+,16-7-. The van der Waals surface area contributed by atoms with E-state index in [0.29, 0.717) is 5.57 Å². The molecule has 0 aromatic heterocycles. The van der Waals surface area contributed by atoms with Crippen LogP contribution in [0.25, 0.3) is 11.6 Å². The number of hydrogen-bond donors (Lipinski definition) is 0. The SMILES string of the molecule is COc1ccccc1/C=C/C=C(/C#N)c1ccc(Br)cc1. The van der Waals surface area contributed by atoms with Gasteiger partial charge in [-0.3, -0.25) is 0 Å². The van der Waals surface area contributed by atoms with Crippen LogP contribution in [-0.4, -0.2) is 7.11 Å². The minimum atomic E-state index is 0.619. The third-order valence-electron chi connectivity index (χ3n) is 2.95. The van der Waals surface area contributed by atoms with Gasteiger partial charge in [-0.2, -0.15) is 5.26 Å². The first-order valence-electron chi connectivity index (χ1n) is 6.42. The highest BCUT2D eigenvalue weighted by molar-refractivity contribution is 9.10. The Labute approximate surface area is 133 Å². The Morgan fingerprint density at radius 2 is 1.86 bits per heavy atom. The molecular formula is C18H14BrNO. The highest BCUT2D eigenvalue weighted by Gasteiger charge is 1.99. The normalized spacial score (nSPS) is 11.4. The Hall–Kier alpha value is -2.31. The second-order valence-corrected chi connectivity index (χ2v) is 5.22. The van der Waals surface area contributed by atoms with Crippen LogP contribution in [0, 0.1) is 11.3 Å². The van der Waals surface area contributed by atoms with Crippen LogP contribution in [0.3, 0.4) is 0 Å². The minimum Gasteiger partial charge on any atom is -0.496 e. The van der Waals surface area contributed by atoms with Gasteiger partial charge in [0, 0.05) is 10.0 Å². The summed E-state index contributed by atoms with van der Waals surface area (Å²) in [6.45, 7) is 0. The fourth-order valence-electron chi connectivity index (χ4n) is 1.88. The molecular weight excluding hydrogens is 326 g/mol. The fraction of sp³-hybridized carbons (Fsp3) is 0.0556. The molecule has 0 saturated carbocycles. The molecule has 21 heavy (non-hydrogen) atoms. The average Bonchev–Trinajstić information content (AvgIpc) is 2.53. The van der Waals surface area contributed by atoms with Crippen molar-refractivity contribution >= 4 is 27.6 Å². The molecule has 0 bridgehead atoms. The van der Waals surface area contributed by atoms with Crippen molar-refractivity contribution in [2.75, 3.05) is 7.11 Å². The number of para-hydroxylation sites is 1. The summed E-state index contributed by atoms with van der Waals surface area (Å²) in [6.07, 6.45) is 5.59. The number of halogens is 1. The maximum atomic E-state index is 9.26. The van der Waals surface area contributed by atoms with E-state index in [1.165, 1.54) is 0 Å². The summed E-state index contributed by atoms with van der Waals surface area (Å²) in [4.78, 5) is 0. The van der Waals surface area contributed by atoms with Gasteiger partial charge in [0.15, 0.2) is 0 Å². The molecule has 104 valence electrons. The second-order valence-electron chi connectivity index (χ2n) is 4.30. The van der Waals surface area contributed by atoms with Gasteiger partial charge in [-0.05, 0) is 29.8 Å². The van der Waals surface area contributed by atoms with Crippen LogP contribution in [0.1, 0.15) is 11.1 Å². The van der Waals surface area contributed by atoms with Gasteiger partial charge >= 0.3 is 0 Å². The molecule has 0 amide bonds. The third-order valence-corrected chi connectivity index (χ3v) is 3.48. The Morgan fingerprint density at radius 1 is 1.14 bits per heavy atom. The van der Waals surface area contributed by atoms with Gasteiger partial charge in [-0.25, -0.2) is 0 Å². The van der Waals surface area contributed by atoms with E-state index in [2.05, 4.69) is 22.0 Å². The van der Waals surface area contributed by atoms with Crippen molar-refractivity contribution in [3.63, 3.8) is 0 Å². The molecule has 0 aliphatic carbocycles. The van der Waals surface area contributed by atoms with E-state index < -0.39 is 0 Å². The van der Waals surface area contributed by atoms with Crippen molar-refractivity contribution in [2.45, 2.75) is 0 Å². The Bertz CT molecular complexity index is 709. The second kappa shape index (κ2) is 7.47. The van der Waals surface area contributed by atoms with Crippen LogP contribution in [0.4, 0.5) is 0 Å². The van der Waals surface area contributed by atoms with Crippen LogP contribution >= 0.6 is 15.9 Å². The molecule has 3 heteroatoms. The van der Waals surface area contributed by atoms with E-state index in [9.17, 15) is 5.26 Å². The smallest absolute Gasteiger partial charge is 0.126 e. The molecule has 0 aliphatic rings. The van der Waals surface area contributed by atoms with Gasteiger partial charge in [0.2, 0.25) is 0 Å². The lowest BCUT2D eigenvalue weighted by Gasteiger charge is -2.02. The van der Waals surface area contributed by atoms with Gasteiger partial charge in [-0.1, -0.05) is 58.4 Å². The van der Waals surface area contributed by atoms with Crippen molar-refractivity contribution in [1.82, 2.24) is 0 Å². The van der Waals surface area contributed by atoms with Crippen LogP contribution in [-0.2, 0) is 0 Å². The molecule has 0 unspecified atom stereocenters. The maximum absolute atomic E-state index is 9.26. The molecule has 2 nitrogen and oxygen atoms in total. The summed E-state index contributed by atoms with van der Waals surface area (Å²) in [7, 11) is 1.64. The first-order chi connectivity index (χ1) is 10.2. The number of methoxy groups -OCH3 is 1. The number of allylic oxidation sites excluding steroid dienone is 3. The van der Waals surface area contributed by atoms with Crippen molar-refractivity contribution in [3.05, 3.63) is 76.3 Å². The van der Waals surface area contributed by atoms with Crippen molar-refractivity contribution in [1.29, 1.82) is 5.26 Å². The van der Waals surface area contributed by atoms with Crippen LogP contribution in [0.5, 0.6) is 5.75 Å². The molecule has 2 aromatic rings. The number of ether oxygens (including phenoxy) is 1. The zero-order valence-corrected chi connectivity index (χ0v) is 13.2. The Kier molecular flexibility index (Phi) is 5.36. The van der Waals surface area contributed by atoms with Gasteiger partial charge < -0.3 is 4.74 Å². The lowest BCUT2D eigenvalue weighted by molar-refractivity contribution is 0.414. The van der Waals surface area contributed by atoms with E-state index >= 15 is 0 Å². The Morgan fingerprint density at radius 3 is 2.52 bits per heavy atom. The van der Waals surface area contributed by atoms with Gasteiger partial charge in [-0.15, -0.1) is 0 Å². The molecule has 0 spiro atoms. The van der Waals surface area contributed by atoms with Gasteiger partial charge in [0.25, 0.3) is 0 Å². The quantitative estimate of drug-likeness (QED) is 0.574. The number of nitriles is 1. The first-order valence-corrected chi connectivity index (χ1v) is 7.21. The maximum Gasteiger partial charge on any atom is 0.126 e. The van der Waals surface area contributed by atoms with Crippen molar-refractivity contribution < 1.29 is 4.74 Å². The summed E-state index contributed by atoms with van der Waals surface area (Å²) in [5.74, 6) is 0.810. The molecule has 0 aliphatic heterocycles. The van der Waals surface area contributed by atoms with Crippen LogP contribution < -0.4 is 4.74 Å². The largest absolute Gasteiger partial charge is 0.496 e. The van der Waals surface area contributed by atoms with Crippen LogP contribution in [0.2, 0.25) is 0 Å². The third kappa shape index (κ3) is 4.08. The molecule has 2 aromatic carbocycles. The zero-order valence-electron chi connectivity index (χ0n) is 11.6. The number of nitrogens with zero attached hydrogens (tertiary/aromatic N) is 1.